The molecule has 2 aromatic heterocycles. The third-order valence-electron chi connectivity index (χ3n) is 3.36. The number of benzene rings is 1. The van der Waals surface area contributed by atoms with Gasteiger partial charge in [-0.25, -0.2) is 9.97 Å². The van der Waals surface area contributed by atoms with Crippen LogP contribution in [0.15, 0.2) is 34.8 Å². The van der Waals surface area contributed by atoms with Crippen molar-refractivity contribution in [3.05, 3.63) is 40.4 Å². The maximum Gasteiger partial charge on any atom is 0.316 e. The van der Waals surface area contributed by atoms with Gasteiger partial charge in [0.15, 0.2) is 5.16 Å². The SMILES string of the molecule is Cc1ccc(-c2csc3nc(SC(C)C(=O)O)nc(Cl)c23)cc1. The van der Waals surface area contributed by atoms with E-state index in [9.17, 15) is 4.79 Å². The molecule has 3 aromatic rings. The number of thiophene rings is 1. The first-order valence-electron chi connectivity index (χ1n) is 6.87. The minimum absolute atomic E-state index is 0.354. The molecule has 2 heterocycles. The third-order valence-corrected chi connectivity index (χ3v) is 5.46. The maximum atomic E-state index is 11.0. The highest BCUT2D eigenvalue weighted by Crippen LogP contribution is 2.38. The van der Waals surface area contributed by atoms with Crippen molar-refractivity contribution in [2.45, 2.75) is 24.3 Å². The average Bonchev–Trinajstić information content (AvgIpc) is 2.92. The second-order valence-corrected chi connectivity index (χ2v) is 7.61. The molecule has 0 bridgehead atoms. The molecule has 0 amide bonds. The van der Waals surface area contributed by atoms with Gasteiger partial charge in [0.2, 0.25) is 0 Å². The number of carboxylic acid groups (broad SMARTS) is 1. The van der Waals surface area contributed by atoms with E-state index in [-0.39, 0.29) is 0 Å². The van der Waals surface area contributed by atoms with Crippen molar-refractivity contribution in [1.29, 1.82) is 0 Å². The Balaban J connectivity index is 2.04. The van der Waals surface area contributed by atoms with Crippen LogP contribution >= 0.6 is 34.7 Å². The van der Waals surface area contributed by atoms with E-state index in [1.54, 1.807) is 6.92 Å². The van der Waals surface area contributed by atoms with Crippen LogP contribution in [0.2, 0.25) is 5.15 Å². The quantitative estimate of drug-likeness (QED) is 0.406. The monoisotopic (exact) mass is 364 g/mol. The van der Waals surface area contributed by atoms with Gasteiger partial charge < -0.3 is 5.11 Å². The second kappa shape index (κ2) is 6.47. The summed E-state index contributed by atoms with van der Waals surface area (Å²) in [6.45, 7) is 3.64. The fraction of sp³-hybridized carbons (Fsp3) is 0.188. The fourth-order valence-corrected chi connectivity index (χ4v) is 4.18. The Hall–Kier alpha value is -1.63. The van der Waals surface area contributed by atoms with Crippen molar-refractivity contribution in [2.24, 2.45) is 0 Å². The second-order valence-electron chi connectivity index (χ2n) is 5.09. The molecule has 0 aliphatic carbocycles. The first-order chi connectivity index (χ1) is 11.0. The van der Waals surface area contributed by atoms with Crippen molar-refractivity contribution >= 4 is 50.9 Å². The molecule has 0 saturated carbocycles. The number of hydrogen-bond donors (Lipinski definition) is 1. The van der Waals surface area contributed by atoms with Crippen molar-refractivity contribution < 1.29 is 9.90 Å². The standard InChI is InChI=1S/C16H13ClN2O2S2/c1-8-3-5-10(6-4-8)11-7-22-14-12(11)13(17)18-16(19-14)23-9(2)15(20)21/h3-7,9H,1-2H3,(H,20,21). The molecule has 0 saturated heterocycles. The molecule has 0 aliphatic heterocycles. The topological polar surface area (TPSA) is 63.1 Å². The number of fused-ring (bicyclic) bond motifs is 1. The number of nitrogens with zero attached hydrogens (tertiary/aromatic N) is 2. The lowest BCUT2D eigenvalue weighted by molar-refractivity contribution is -0.136. The summed E-state index contributed by atoms with van der Waals surface area (Å²) in [5.41, 5.74) is 3.25. The zero-order chi connectivity index (χ0) is 16.6. The van der Waals surface area contributed by atoms with E-state index >= 15 is 0 Å². The molecule has 3 rings (SSSR count). The van der Waals surface area contributed by atoms with Gasteiger partial charge in [0.25, 0.3) is 0 Å². The molecule has 23 heavy (non-hydrogen) atoms. The number of aryl methyl sites for hydroxylation is 1. The molecule has 0 spiro atoms. The minimum atomic E-state index is -0.902. The Kier molecular flexibility index (Phi) is 4.57. The number of thioether (sulfide) groups is 1. The molecule has 4 nitrogen and oxygen atoms in total. The van der Waals surface area contributed by atoms with Crippen LogP contribution in [-0.2, 0) is 4.79 Å². The molecule has 1 atom stereocenters. The lowest BCUT2D eigenvalue weighted by atomic mass is 10.1. The van der Waals surface area contributed by atoms with Crippen LogP contribution in [0.25, 0.3) is 21.3 Å². The highest BCUT2D eigenvalue weighted by atomic mass is 35.5. The molecule has 0 aliphatic rings. The van der Waals surface area contributed by atoms with E-state index in [0.29, 0.717) is 10.3 Å². The summed E-state index contributed by atoms with van der Waals surface area (Å²) in [7, 11) is 0. The molecule has 0 fully saturated rings. The van der Waals surface area contributed by atoms with Crippen molar-refractivity contribution in [1.82, 2.24) is 9.97 Å². The van der Waals surface area contributed by atoms with E-state index in [0.717, 1.165) is 33.1 Å². The summed E-state index contributed by atoms with van der Waals surface area (Å²) < 4.78 is 0. The predicted octanol–water partition coefficient (Wildman–Crippen LogP) is 4.89. The van der Waals surface area contributed by atoms with Crippen molar-refractivity contribution in [3.63, 3.8) is 0 Å². The summed E-state index contributed by atoms with van der Waals surface area (Å²) in [6, 6.07) is 8.18. The summed E-state index contributed by atoms with van der Waals surface area (Å²) in [6.07, 6.45) is 0. The summed E-state index contributed by atoms with van der Waals surface area (Å²) >= 11 is 8.92. The fourth-order valence-electron chi connectivity index (χ4n) is 2.09. The number of carboxylic acids is 1. The highest BCUT2D eigenvalue weighted by molar-refractivity contribution is 8.00. The van der Waals surface area contributed by atoms with Gasteiger partial charge in [-0.15, -0.1) is 11.3 Å². The van der Waals surface area contributed by atoms with Crippen molar-refractivity contribution in [2.75, 3.05) is 0 Å². The maximum absolute atomic E-state index is 11.0. The summed E-state index contributed by atoms with van der Waals surface area (Å²) in [4.78, 5) is 20.4. The molecule has 1 N–H and O–H groups in total. The largest absolute Gasteiger partial charge is 0.480 e. The minimum Gasteiger partial charge on any atom is -0.480 e. The molecule has 1 unspecified atom stereocenters. The lowest BCUT2D eigenvalue weighted by Crippen LogP contribution is -2.11. The summed E-state index contributed by atoms with van der Waals surface area (Å²) in [5.74, 6) is -0.902. The third kappa shape index (κ3) is 3.34. The number of halogens is 1. The zero-order valence-electron chi connectivity index (χ0n) is 12.4. The number of hydrogen-bond acceptors (Lipinski definition) is 5. The Morgan fingerprint density at radius 2 is 2.00 bits per heavy atom. The number of carbonyl (C=O) groups is 1. The molecule has 0 radical (unpaired) electrons. The Labute approximate surface area is 146 Å². The van der Waals surface area contributed by atoms with Gasteiger partial charge >= 0.3 is 5.97 Å². The van der Waals surface area contributed by atoms with Crippen LogP contribution in [0.3, 0.4) is 0 Å². The smallest absolute Gasteiger partial charge is 0.316 e. The molecule has 118 valence electrons. The molecular weight excluding hydrogens is 352 g/mol. The van der Waals surface area contributed by atoms with E-state index in [1.165, 1.54) is 16.9 Å². The Morgan fingerprint density at radius 3 is 2.65 bits per heavy atom. The van der Waals surface area contributed by atoms with Gasteiger partial charge in [-0.05, 0) is 19.4 Å². The Morgan fingerprint density at radius 1 is 1.30 bits per heavy atom. The number of aliphatic carboxylic acids is 1. The molecular formula is C16H13ClN2O2S2. The van der Waals surface area contributed by atoms with Crippen molar-refractivity contribution in [3.8, 4) is 11.1 Å². The van der Waals surface area contributed by atoms with Gasteiger partial charge in [-0.2, -0.15) is 0 Å². The molecule has 7 heteroatoms. The highest BCUT2D eigenvalue weighted by Gasteiger charge is 2.18. The number of rotatable bonds is 4. The van der Waals surface area contributed by atoms with E-state index in [1.807, 2.05) is 36.6 Å². The van der Waals surface area contributed by atoms with Crippen LogP contribution < -0.4 is 0 Å². The van der Waals surface area contributed by atoms with Gasteiger partial charge in [-0.1, -0.05) is 53.2 Å². The average molecular weight is 365 g/mol. The first-order valence-corrected chi connectivity index (χ1v) is 9.00. The van der Waals surface area contributed by atoms with Gasteiger partial charge in [0.1, 0.15) is 15.2 Å². The van der Waals surface area contributed by atoms with Crippen LogP contribution in [-0.4, -0.2) is 26.3 Å². The van der Waals surface area contributed by atoms with Crippen LogP contribution in [0.1, 0.15) is 12.5 Å². The zero-order valence-corrected chi connectivity index (χ0v) is 14.8. The van der Waals surface area contributed by atoms with E-state index < -0.39 is 11.2 Å². The molecule has 1 aromatic carbocycles. The van der Waals surface area contributed by atoms with E-state index in [2.05, 4.69) is 9.97 Å². The van der Waals surface area contributed by atoms with Gasteiger partial charge in [-0.3, -0.25) is 4.79 Å². The van der Waals surface area contributed by atoms with E-state index in [4.69, 9.17) is 16.7 Å². The lowest BCUT2D eigenvalue weighted by Gasteiger charge is -2.06. The predicted molar refractivity (Wildman–Crippen MR) is 95.6 cm³/mol. The summed E-state index contributed by atoms with van der Waals surface area (Å²) in [5, 5.41) is 11.9. The Bertz CT molecular complexity index is 878. The first kappa shape index (κ1) is 16.2. The number of aromatic nitrogens is 2. The van der Waals surface area contributed by atoms with Crippen LogP contribution in [0, 0.1) is 6.92 Å². The van der Waals surface area contributed by atoms with Gasteiger partial charge in [0, 0.05) is 10.9 Å². The van der Waals surface area contributed by atoms with Crippen LogP contribution in [0.5, 0.6) is 0 Å². The van der Waals surface area contributed by atoms with Gasteiger partial charge in [0.05, 0.1) is 5.39 Å². The normalized spacial score (nSPS) is 12.5. The van der Waals surface area contributed by atoms with Crippen LogP contribution in [0.4, 0.5) is 0 Å².